The van der Waals surface area contributed by atoms with Crippen molar-refractivity contribution >= 4 is 103 Å². The molecular formula is C59H48N2O4P2. The average Bonchev–Trinajstić information content (AvgIpc) is 3.67. The second-order valence-corrected chi connectivity index (χ2v) is 20.0. The Bertz CT molecular complexity index is 3420. The zero-order valence-corrected chi connectivity index (χ0v) is 39.1. The molecule has 2 heterocycles. The molecule has 8 heteroatoms. The minimum absolute atomic E-state index is 0.0327. The zero-order chi connectivity index (χ0) is 44.8. The van der Waals surface area contributed by atoms with Crippen LogP contribution in [0.4, 0.5) is 0 Å². The van der Waals surface area contributed by atoms with E-state index in [1.807, 2.05) is 0 Å². The summed E-state index contributed by atoms with van der Waals surface area (Å²) in [6, 6.07) is 72.9. The summed E-state index contributed by atoms with van der Waals surface area (Å²) in [6.45, 7) is 5.90. The predicted molar refractivity (Wildman–Crippen MR) is 283 cm³/mol. The van der Waals surface area contributed by atoms with Gasteiger partial charge in [0, 0.05) is 46.7 Å². The molecule has 0 amide bonds. The Morgan fingerprint density at radius 3 is 0.896 bits per heavy atom. The summed E-state index contributed by atoms with van der Waals surface area (Å²) in [4.78, 5) is 0. The van der Waals surface area contributed by atoms with Gasteiger partial charge in [-0.2, -0.15) is 9.34 Å². The molecule has 6 nitrogen and oxygen atoms in total. The number of hydrogen-bond donors (Lipinski definition) is 0. The van der Waals surface area contributed by atoms with Crippen LogP contribution in [0.25, 0.3) is 87.0 Å². The molecule has 328 valence electrons. The fourth-order valence-corrected chi connectivity index (χ4v) is 13.2. The van der Waals surface area contributed by atoms with Crippen LogP contribution >= 0.6 is 16.3 Å². The molecule has 0 aliphatic heterocycles. The lowest BCUT2D eigenvalue weighted by atomic mass is 9.99. The van der Waals surface area contributed by atoms with Gasteiger partial charge in [-0.1, -0.05) is 182 Å². The highest BCUT2D eigenvalue weighted by Gasteiger charge is 2.27. The van der Waals surface area contributed by atoms with Crippen molar-refractivity contribution in [2.45, 2.75) is 32.4 Å². The first-order valence-electron chi connectivity index (χ1n) is 23.1. The van der Waals surface area contributed by atoms with Crippen molar-refractivity contribution in [3.8, 4) is 0 Å². The van der Waals surface area contributed by atoms with Gasteiger partial charge in [0.2, 0.25) is 0 Å². The van der Waals surface area contributed by atoms with E-state index in [0.29, 0.717) is 13.1 Å². The lowest BCUT2D eigenvalue weighted by Gasteiger charge is -2.29. The van der Waals surface area contributed by atoms with Gasteiger partial charge in [0.15, 0.2) is 0 Å². The molecule has 0 saturated carbocycles. The molecule has 12 aromatic rings. The van der Waals surface area contributed by atoms with Gasteiger partial charge in [-0.3, -0.25) is 0 Å². The van der Waals surface area contributed by atoms with Crippen molar-refractivity contribution in [1.82, 2.24) is 0 Å². The molecule has 67 heavy (non-hydrogen) atoms. The van der Waals surface area contributed by atoms with Gasteiger partial charge >= 0.3 is 16.3 Å². The van der Waals surface area contributed by atoms with Crippen LogP contribution in [0.1, 0.15) is 43.5 Å². The summed E-state index contributed by atoms with van der Waals surface area (Å²) in [6.07, 6.45) is 0.774. The molecule has 0 spiro atoms. The molecule has 0 aliphatic carbocycles. The normalized spacial score (nSPS) is 13.0. The van der Waals surface area contributed by atoms with Crippen molar-refractivity contribution in [3.05, 3.63) is 217 Å². The molecular weight excluding hydrogens is 863 g/mol. The van der Waals surface area contributed by atoms with Crippen molar-refractivity contribution in [3.63, 3.8) is 0 Å². The molecule has 0 bridgehead atoms. The highest BCUT2D eigenvalue weighted by atomic mass is 31.1. The van der Waals surface area contributed by atoms with Crippen LogP contribution < -0.4 is 9.34 Å². The minimum Gasteiger partial charge on any atom is -0.408 e. The number of hydrogen-bond acceptors (Lipinski definition) is 6. The Morgan fingerprint density at radius 2 is 0.597 bits per heavy atom. The number of nitrogens with zero attached hydrogens (tertiary/aromatic N) is 2. The summed E-state index contributed by atoms with van der Waals surface area (Å²) in [7, 11) is -3.33. The van der Waals surface area contributed by atoms with E-state index in [0.717, 1.165) is 93.4 Å². The second kappa shape index (κ2) is 17.6. The van der Waals surface area contributed by atoms with Gasteiger partial charge in [-0.15, -0.1) is 0 Å². The maximum Gasteiger partial charge on any atom is 0.310 e. The van der Waals surface area contributed by atoms with Crippen molar-refractivity contribution in [2.24, 2.45) is 0 Å². The Labute approximate surface area is 390 Å². The summed E-state index contributed by atoms with van der Waals surface area (Å²) < 4.78 is 33.9. The lowest BCUT2D eigenvalue weighted by Crippen LogP contribution is -2.30. The highest BCUT2D eigenvalue weighted by molar-refractivity contribution is 7.39. The van der Waals surface area contributed by atoms with Gasteiger partial charge < -0.3 is 16.8 Å². The topological polar surface area (TPSA) is 59.0 Å². The summed E-state index contributed by atoms with van der Waals surface area (Å²) in [5.74, 6) is 0. The maximum atomic E-state index is 7.27. The van der Waals surface area contributed by atoms with Gasteiger partial charge in [-0.05, 0) is 98.8 Å². The van der Waals surface area contributed by atoms with E-state index >= 15 is 0 Å². The minimum atomic E-state index is -1.66. The van der Waals surface area contributed by atoms with E-state index in [1.165, 1.54) is 11.1 Å². The number of rotatable bonds is 10. The third-order valence-electron chi connectivity index (χ3n) is 13.4. The van der Waals surface area contributed by atoms with Crippen molar-refractivity contribution < 1.29 is 16.8 Å². The Hall–Kier alpha value is -7.04. The molecule has 0 N–H and O–H groups in total. The van der Waals surface area contributed by atoms with E-state index in [2.05, 4.69) is 229 Å². The maximum absolute atomic E-state index is 7.27. The molecule has 0 saturated heterocycles. The highest BCUT2D eigenvalue weighted by Crippen LogP contribution is 2.47. The van der Waals surface area contributed by atoms with Crippen LogP contribution in [0.3, 0.4) is 0 Å². The van der Waals surface area contributed by atoms with Crippen LogP contribution in [0.5, 0.6) is 0 Å². The van der Waals surface area contributed by atoms with E-state index in [9.17, 15) is 0 Å². The first kappa shape index (κ1) is 41.4. The van der Waals surface area contributed by atoms with Crippen LogP contribution in [-0.2, 0) is 0 Å². The Kier molecular flexibility index (Phi) is 10.9. The van der Waals surface area contributed by atoms with E-state index in [1.54, 1.807) is 0 Å². The third-order valence-corrected chi connectivity index (χ3v) is 16.8. The fraction of sp³-hybridized carbons (Fsp3) is 0.119. The van der Waals surface area contributed by atoms with Gasteiger partial charge in [0.25, 0.3) is 0 Å². The van der Waals surface area contributed by atoms with Crippen molar-refractivity contribution in [2.75, 3.05) is 22.4 Å². The summed E-state index contributed by atoms with van der Waals surface area (Å²) >= 11 is 0. The summed E-state index contributed by atoms with van der Waals surface area (Å²) in [5, 5.41) is 13.5. The Balaban J connectivity index is 1.03. The molecule has 0 aliphatic rings. The monoisotopic (exact) mass is 910 g/mol. The van der Waals surface area contributed by atoms with E-state index in [-0.39, 0.29) is 12.1 Å². The summed E-state index contributed by atoms with van der Waals surface area (Å²) in [5.41, 5.74) is 5.69. The van der Waals surface area contributed by atoms with E-state index in [4.69, 9.17) is 16.8 Å². The van der Waals surface area contributed by atoms with Gasteiger partial charge in [0.05, 0.1) is 0 Å². The largest absolute Gasteiger partial charge is 0.408 e. The average molecular weight is 911 g/mol. The van der Waals surface area contributed by atoms with Gasteiger partial charge in [-0.25, -0.2) is 0 Å². The fourth-order valence-electron chi connectivity index (χ4n) is 9.96. The second-order valence-electron chi connectivity index (χ2n) is 17.3. The molecule has 12 rings (SSSR count). The van der Waals surface area contributed by atoms with Crippen LogP contribution in [0.2, 0.25) is 0 Å². The number of fused-ring (bicyclic) bond motifs is 14. The van der Waals surface area contributed by atoms with E-state index < -0.39 is 16.3 Å². The predicted octanol–water partition coefficient (Wildman–Crippen LogP) is 18.0. The first-order valence-corrected chi connectivity index (χ1v) is 25.4. The first-order chi connectivity index (χ1) is 33.1. The zero-order valence-electron chi connectivity index (χ0n) is 37.3. The van der Waals surface area contributed by atoms with Crippen LogP contribution in [0, 0.1) is 0 Å². The molecule has 2 aromatic heterocycles. The standard InChI is InChI=1S/C59H48N2O4P2/c1-40(42-18-5-3-6-19-42)60(66-62-52-34-30-44-22-9-13-26-48(44)56(52)57-49-27-14-10-23-45(49)31-35-53(57)63-66)38-17-39-61(41(2)43-20-7-4-8-21-43)67-64-54-36-32-46-24-11-15-28-50(46)58(54)59-51-29-16-12-25-47(51)33-37-55(59)65-67/h3-16,18-37,40-41H,17,38-39H2,1-2H3/t40-,41-/m0/s1. The lowest BCUT2D eigenvalue weighted by molar-refractivity contribution is 0.567. The molecule has 0 fully saturated rings. The molecule has 2 atom stereocenters. The van der Waals surface area contributed by atoms with Gasteiger partial charge in [0.1, 0.15) is 22.3 Å². The molecule has 0 unspecified atom stereocenters. The van der Waals surface area contributed by atoms with Crippen LogP contribution in [-0.4, -0.2) is 13.1 Å². The molecule has 0 radical (unpaired) electrons. The molecule has 10 aromatic carbocycles. The SMILES string of the molecule is C[C@@H](c1ccccc1)N(CCCN([C@@H](C)c1ccccc1)p1oc2ccc3ccccc3c2c2c(ccc3ccccc32)o1)p1oc2ccc3ccccc3c2c2c(ccc3ccccc32)o1. The Morgan fingerprint density at radius 1 is 0.328 bits per heavy atom. The van der Waals surface area contributed by atoms with Crippen LogP contribution in [0.15, 0.2) is 223 Å². The quantitative estimate of drug-likeness (QED) is 0.136. The third kappa shape index (κ3) is 7.57. The van der Waals surface area contributed by atoms with Crippen molar-refractivity contribution in [1.29, 1.82) is 0 Å². The number of benzene rings is 10. The smallest absolute Gasteiger partial charge is 0.310 e.